The number of likely N-dealkylation sites (tertiary alicyclic amines) is 1. The average Bonchev–Trinajstić information content (AvgIpc) is 2.76. The normalized spacial score (nSPS) is 18.5. The van der Waals surface area contributed by atoms with Crippen molar-refractivity contribution in [1.82, 2.24) is 14.5 Å². The van der Waals surface area contributed by atoms with Crippen LogP contribution in [-0.2, 0) is 10.0 Å². The van der Waals surface area contributed by atoms with Gasteiger partial charge in [-0.1, -0.05) is 27.7 Å². The van der Waals surface area contributed by atoms with Gasteiger partial charge in [0.1, 0.15) is 0 Å². The minimum atomic E-state index is -3.18. The van der Waals surface area contributed by atoms with E-state index in [9.17, 15) is 8.42 Å². The summed E-state index contributed by atoms with van der Waals surface area (Å²) in [5.41, 5.74) is 0.297. The van der Waals surface area contributed by atoms with Crippen LogP contribution in [0.15, 0.2) is 4.99 Å². The van der Waals surface area contributed by atoms with E-state index in [2.05, 4.69) is 29.1 Å². The number of hydrogen-bond acceptors (Lipinski definition) is 3. The van der Waals surface area contributed by atoms with Crippen LogP contribution in [-0.4, -0.2) is 69.1 Å². The quantitative estimate of drug-likeness (QED) is 0.382. The van der Waals surface area contributed by atoms with Crippen molar-refractivity contribution in [2.75, 3.05) is 45.5 Å². The second-order valence-electron chi connectivity index (χ2n) is 6.21. The molecule has 1 N–H and O–H groups in total. The Hall–Kier alpha value is -0.0900. The standard InChI is InChI=1S/C14H30N4O2S.HI/c1-6-18(7-2)21(19,20)11-9-16-13(15-5)17-10-8-14(3,4)12-17;/h6-12H2,1-5H3,(H,15,16);1H. The zero-order chi connectivity index (χ0) is 16.1. The maximum atomic E-state index is 12.1. The summed E-state index contributed by atoms with van der Waals surface area (Å²) in [4.78, 5) is 6.46. The molecule has 0 aromatic carbocycles. The lowest BCUT2D eigenvalue weighted by Gasteiger charge is -2.24. The Bertz CT molecular complexity index is 461. The molecular formula is C14H31IN4O2S. The topological polar surface area (TPSA) is 65.0 Å². The molecule has 0 unspecified atom stereocenters. The third-order valence-electron chi connectivity index (χ3n) is 3.93. The van der Waals surface area contributed by atoms with Gasteiger partial charge in [-0.25, -0.2) is 12.7 Å². The molecule has 1 rings (SSSR count). The first-order valence-corrected chi connectivity index (χ1v) is 9.30. The lowest BCUT2D eigenvalue weighted by atomic mass is 9.93. The molecule has 0 spiro atoms. The first kappa shape index (κ1) is 21.9. The summed E-state index contributed by atoms with van der Waals surface area (Å²) >= 11 is 0. The smallest absolute Gasteiger partial charge is 0.215 e. The molecule has 8 heteroatoms. The van der Waals surface area contributed by atoms with E-state index in [0.29, 0.717) is 25.0 Å². The van der Waals surface area contributed by atoms with E-state index in [4.69, 9.17) is 0 Å². The highest BCUT2D eigenvalue weighted by atomic mass is 127. The van der Waals surface area contributed by atoms with E-state index in [0.717, 1.165) is 25.5 Å². The van der Waals surface area contributed by atoms with Gasteiger partial charge in [0.05, 0.1) is 5.75 Å². The van der Waals surface area contributed by atoms with E-state index >= 15 is 0 Å². The molecule has 0 bridgehead atoms. The van der Waals surface area contributed by atoms with E-state index in [1.807, 2.05) is 13.8 Å². The Morgan fingerprint density at radius 2 is 1.91 bits per heavy atom. The molecule has 0 aromatic rings. The number of halogens is 1. The average molecular weight is 446 g/mol. The van der Waals surface area contributed by atoms with E-state index in [1.54, 1.807) is 7.05 Å². The van der Waals surface area contributed by atoms with Gasteiger partial charge in [-0.15, -0.1) is 24.0 Å². The van der Waals surface area contributed by atoms with Crippen LogP contribution in [0.3, 0.4) is 0 Å². The molecule has 0 saturated carbocycles. The predicted molar refractivity (Wildman–Crippen MR) is 103 cm³/mol. The summed E-state index contributed by atoms with van der Waals surface area (Å²) in [7, 11) is -1.43. The fourth-order valence-corrected chi connectivity index (χ4v) is 4.07. The molecule has 6 nitrogen and oxygen atoms in total. The largest absolute Gasteiger partial charge is 0.355 e. The van der Waals surface area contributed by atoms with Crippen molar-refractivity contribution in [3.63, 3.8) is 0 Å². The van der Waals surface area contributed by atoms with Gasteiger partial charge in [0.25, 0.3) is 0 Å². The number of nitrogens with zero attached hydrogens (tertiary/aromatic N) is 3. The lowest BCUT2D eigenvalue weighted by molar-refractivity contribution is 0.370. The Morgan fingerprint density at radius 3 is 2.32 bits per heavy atom. The first-order valence-electron chi connectivity index (χ1n) is 7.69. The highest BCUT2D eigenvalue weighted by Crippen LogP contribution is 2.28. The van der Waals surface area contributed by atoms with Gasteiger partial charge in [-0.05, 0) is 11.8 Å². The number of nitrogens with one attached hydrogen (secondary N) is 1. The second-order valence-corrected chi connectivity index (χ2v) is 8.30. The fourth-order valence-electron chi connectivity index (χ4n) is 2.66. The molecule has 132 valence electrons. The Labute approximate surface area is 152 Å². The summed E-state index contributed by atoms with van der Waals surface area (Å²) < 4.78 is 25.7. The van der Waals surface area contributed by atoms with Crippen molar-refractivity contribution in [2.24, 2.45) is 10.4 Å². The van der Waals surface area contributed by atoms with Crippen LogP contribution in [0.2, 0.25) is 0 Å². The molecule has 0 aromatic heterocycles. The zero-order valence-corrected chi connectivity index (χ0v) is 17.6. The van der Waals surface area contributed by atoms with Gasteiger partial charge in [-0.2, -0.15) is 0 Å². The summed E-state index contributed by atoms with van der Waals surface area (Å²) in [5.74, 6) is 0.903. The molecule has 1 heterocycles. The van der Waals surface area contributed by atoms with Crippen molar-refractivity contribution in [1.29, 1.82) is 0 Å². The SMILES string of the molecule is CCN(CC)S(=O)(=O)CCNC(=NC)N1CCC(C)(C)C1.I. The highest BCUT2D eigenvalue weighted by Gasteiger charge is 2.31. The van der Waals surface area contributed by atoms with E-state index in [-0.39, 0.29) is 29.7 Å². The van der Waals surface area contributed by atoms with Crippen LogP contribution in [0, 0.1) is 5.41 Å². The van der Waals surface area contributed by atoms with Crippen molar-refractivity contribution in [3.8, 4) is 0 Å². The van der Waals surface area contributed by atoms with Gasteiger partial charge in [0.2, 0.25) is 10.0 Å². The van der Waals surface area contributed by atoms with Crippen LogP contribution in [0.5, 0.6) is 0 Å². The Morgan fingerprint density at radius 1 is 1.32 bits per heavy atom. The number of rotatable bonds is 6. The van der Waals surface area contributed by atoms with Gasteiger partial charge < -0.3 is 10.2 Å². The molecule has 1 aliphatic heterocycles. The molecule has 1 saturated heterocycles. The number of guanidine groups is 1. The summed E-state index contributed by atoms with van der Waals surface area (Å²) in [6.45, 7) is 11.6. The number of hydrogen-bond donors (Lipinski definition) is 1. The Kier molecular flexibility index (Phi) is 9.23. The third kappa shape index (κ3) is 6.19. The van der Waals surface area contributed by atoms with E-state index < -0.39 is 10.0 Å². The molecule has 22 heavy (non-hydrogen) atoms. The minimum absolute atomic E-state index is 0. The van der Waals surface area contributed by atoms with Crippen molar-refractivity contribution in [2.45, 2.75) is 34.1 Å². The molecule has 0 amide bonds. The van der Waals surface area contributed by atoms with Gasteiger partial charge in [-0.3, -0.25) is 4.99 Å². The van der Waals surface area contributed by atoms with Crippen LogP contribution in [0.1, 0.15) is 34.1 Å². The maximum Gasteiger partial charge on any atom is 0.215 e. The maximum absolute atomic E-state index is 12.1. The van der Waals surface area contributed by atoms with E-state index in [1.165, 1.54) is 4.31 Å². The first-order chi connectivity index (χ1) is 9.75. The lowest BCUT2D eigenvalue weighted by Crippen LogP contribution is -2.44. The van der Waals surface area contributed by atoms with Crippen molar-refractivity contribution < 1.29 is 8.42 Å². The van der Waals surface area contributed by atoms with Gasteiger partial charge in [0, 0.05) is 39.8 Å². The van der Waals surface area contributed by atoms with Gasteiger partial charge in [0.15, 0.2) is 5.96 Å². The predicted octanol–water partition coefficient (Wildman–Crippen LogP) is 1.58. The summed E-state index contributed by atoms with van der Waals surface area (Å²) in [6, 6.07) is 0. The zero-order valence-electron chi connectivity index (χ0n) is 14.4. The van der Waals surface area contributed by atoms with Crippen molar-refractivity contribution >= 4 is 40.0 Å². The third-order valence-corrected chi connectivity index (χ3v) is 5.95. The van der Waals surface area contributed by atoms with Gasteiger partial charge >= 0.3 is 0 Å². The number of sulfonamides is 1. The molecule has 1 aliphatic rings. The fraction of sp³-hybridized carbons (Fsp3) is 0.929. The molecule has 0 atom stereocenters. The molecular weight excluding hydrogens is 415 g/mol. The second kappa shape index (κ2) is 9.27. The summed E-state index contributed by atoms with van der Waals surface area (Å²) in [5, 5.41) is 3.18. The highest BCUT2D eigenvalue weighted by molar-refractivity contribution is 14.0. The summed E-state index contributed by atoms with van der Waals surface area (Å²) in [6.07, 6.45) is 1.13. The molecule has 0 aliphatic carbocycles. The molecule has 1 fully saturated rings. The molecule has 0 radical (unpaired) electrons. The van der Waals surface area contributed by atoms with Crippen LogP contribution < -0.4 is 5.32 Å². The monoisotopic (exact) mass is 446 g/mol. The van der Waals surface area contributed by atoms with Crippen molar-refractivity contribution in [3.05, 3.63) is 0 Å². The number of aliphatic imine (C=N–C) groups is 1. The van der Waals surface area contributed by atoms with Crippen LogP contribution in [0.25, 0.3) is 0 Å². The van der Waals surface area contributed by atoms with Crippen LogP contribution >= 0.6 is 24.0 Å². The Balaban J connectivity index is 0.00000441. The minimum Gasteiger partial charge on any atom is -0.355 e. The van der Waals surface area contributed by atoms with Crippen LogP contribution in [0.4, 0.5) is 0 Å².